The van der Waals surface area contributed by atoms with Crippen LogP contribution in [0.15, 0.2) is 60.2 Å². The van der Waals surface area contributed by atoms with Crippen LogP contribution in [0, 0.1) is 39.8 Å². The van der Waals surface area contributed by atoms with Crippen LogP contribution in [0.5, 0.6) is 11.5 Å². The van der Waals surface area contributed by atoms with Gasteiger partial charge in [-0.15, -0.1) is 0 Å². The maximum Gasteiger partial charge on any atom is 0.336 e. The number of carbonyl (C=O) groups is 3. The van der Waals surface area contributed by atoms with Crippen molar-refractivity contribution >= 4 is 17.5 Å². The molecule has 2 aromatic carbocycles. The first-order chi connectivity index (χ1) is 24.4. The van der Waals surface area contributed by atoms with Crippen molar-refractivity contribution in [3.05, 3.63) is 82.7 Å². The third kappa shape index (κ3) is 4.64. The minimum absolute atomic E-state index is 0.0190. The molecule has 0 radical (unpaired) electrons. The second kappa shape index (κ2) is 11.8. The third-order valence-corrected chi connectivity index (χ3v) is 13.7. The van der Waals surface area contributed by atoms with Gasteiger partial charge in [-0.25, -0.2) is 9.18 Å². The van der Waals surface area contributed by atoms with Crippen LogP contribution in [0.25, 0.3) is 0 Å². The van der Waals surface area contributed by atoms with Crippen LogP contribution in [0.4, 0.5) is 4.39 Å². The Labute approximate surface area is 296 Å². The molecule has 1 aliphatic heterocycles. The van der Waals surface area contributed by atoms with Crippen LogP contribution >= 0.6 is 0 Å². The molecule has 0 amide bonds. The highest BCUT2D eigenvalue weighted by Gasteiger charge is 2.80. The molecule has 0 unspecified atom stereocenters. The van der Waals surface area contributed by atoms with E-state index in [9.17, 15) is 24.6 Å². The number of allylic oxidation sites excluding steroid dienone is 4. The van der Waals surface area contributed by atoms with Gasteiger partial charge in [0.1, 0.15) is 12.4 Å². The van der Waals surface area contributed by atoms with Gasteiger partial charge < -0.3 is 29.2 Å². The number of aliphatic hydroxyl groups excluding tert-OH is 1. The summed E-state index contributed by atoms with van der Waals surface area (Å²) >= 11 is 0. The normalized spacial score (nSPS) is 37.9. The van der Waals surface area contributed by atoms with Gasteiger partial charge in [0, 0.05) is 28.7 Å². The predicted molar refractivity (Wildman–Crippen MR) is 182 cm³/mol. The van der Waals surface area contributed by atoms with Gasteiger partial charge in [-0.1, -0.05) is 50.6 Å². The number of aromatic carboxylic acids is 1. The Morgan fingerprint density at radius 1 is 1.10 bits per heavy atom. The Kier molecular flexibility index (Phi) is 7.94. The van der Waals surface area contributed by atoms with Crippen LogP contribution in [-0.2, 0) is 25.7 Å². The number of ketones is 2. The predicted octanol–water partition coefficient (Wildman–Crippen LogP) is 6.91. The number of halogens is 1. The van der Waals surface area contributed by atoms with E-state index in [-0.39, 0.29) is 64.5 Å². The summed E-state index contributed by atoms with van der Waals surface area (Å²) < 4.78 is 41.6. The number of carboxylic acids is 1. The standard InChI is InChI=1S/C41H45FO9/c1-5-31(45)41-32(50-37(51-41)33-28(48-4)12-13-29(34(33)42)49-21-22-8-6-7-9-26(22)36(46)47)19-30-39(41,3)20-27(44)35-38(2)16-15-25(43)18-24(38)14-17-40(30,35)23-10-11-23/h6-9,12-13,15-16,18,23,27,30,32,35,37,44H,5,10-11,14,17,19-21H2,1-4H3,(H,46,47)/t27-,30+,32+,35+,37-,38-,39-,40+,41+/m0/s1. The second-order valence-electron chi connectivity index (χ2n) is 15.9. The van der Waals surface area contributed by atoms with E-state index in [1.807, 2.05) is 6.08 Å². The van der Waals surface area contributed by atoms with E-state index in [0.29, 0.717) is 24.3 Å². The smallest absolute Gasteiger partial charge is 0.336 e. The Morgan fingerprint density at radius 3 is 2.55 bits per heavy atom. The number of carbonyl (C=O) groups excluding carboxylic acids is 2. The topological polar surface area (TPSA) is 129 Å². The van der Waals surface area contributed by atoms with Gasteiger partial charge in [0.05, 0.1) is 30.4 Å². The third-order valence-electron chi connectivity index (χ3n) is 13.7. The van der Waals surface area contributed by atoms with Crippen LogP contribution in [-0.4, -0.2) is 52.7 Å². The fourth-order valence-electron chi connectivity index (χ4n) is 11.6. The Morgan fingerprint density at radius 2 is 1.84 bits per heavy atom. The van der Waals surface area contributed by atoms with Gasteiger partial charge in [0.25, 0.3) is 0 Å². The first kappa shape index (κ1) is 34.2. The summed E-state index contributed by atoms with van der Waals surface area (Å²) in [5, 5.41) is 22.0. The van der Waals surface area contributed by atoms with Crippen LogP contribution in [0.1, 0.15) is 93.5 Å². The highest BCUT2D eigenvalue weighted by molar-refractivity contribution is 6.01. The number of aliphatic hydroxyl groups is 1. The van der Waals surface area contributed by atoms with Crippen molar-refractivity contribution in [3.63, 3.8) is 0 Å². The zero-order valence-corrected chi connectivity index (χ0v) is 29.4. The van der Waals surface area contributed by atoms with Crippen molar-refractivity contribution in [3.8, 4) is 11.5 Å². The minimum atomic E-state index is -1.45. The Hall–Kier alpha value is -3.86. The molecular weight excluding hydrogens is 655 g/mol. The monoisotopic (exact) mass is 700 g/mol. The molecule has 0 aromatic heterocycles. The largest absolute Gasteiger partial charge is 0.496 e. The molecule has 0 bridgehead atoms. The van der Waals surface area contributed by atoms with Gasteiger partial charge in [-0.3, -0.25) is 9.59 Å². The van der Waals surface area contributed by atoms with E-state index < -0.39 is 46.7 Å². The SMILES string of the molecule is CCC(=O)[C@@]12O[C@@H](c3c(OC)ccc(OCc4ccccc4C(=O)O)c3F)O[C@@H]1C[C@H]1[C@]3(C4CC4)CCC4=CC(=O)C=C[C@]4(C)[C@H]3[C@@H](O)C[C@@]12C. The number of carboxylic acid groups (broad SMARTS) is 1. The Bertz CT molecular complexity index is 1880. The van der Waals surface area contributed by atoms with Gasteiger partial charge in [-0.2, -0.15) is 0 Å². The molecule has 10 heteroatoms. The zero-order valence-electron chi connectivity index (χ0n) is 29.4. The van der Waals surface area contributed by atoms with Crippen molar-refractivity contribution in [2.45, 2.75) is 96.4 Å². The van der Waals surface area contributed by atoms with Crippen LogP contribution in [0.3, 0.4) is 0 Å². The number of hydrogen-bond acceptors (Lipinski definition) is 8. The van der Waals surface area contributed by atoms with Gasteiger partial charge in [0.15, 0.2) is 35.0 Å². The fraction of sp³-hybridized carbons (Fsp3) is 0.537. The molecule has 5 aliphatic carbocycles. The molecule has 2 aromatic rings. The molecule has 5 fully saturated rings. The van der Waals surface area contributed by atoms with Gasteiger partial charge in [-0.05, 0) is 86.1 Å². The lowest BCUT2D eigenvalue weighted by Gasteiger charge is -2.66. The van der Waals surface area contributed by atoms with E-state index in [0.717, 1.165) is 31.3 Å². The van der Waals surface area contributed by atoms with Crippen molar-refractivity contribution in [1.82, 2.24) is 0 Å². The van der Waals surface area contributed by atoms with E-state index in [4.69, 9.17) is 18.9 Å². The highest BCUT2D eigenvalue weighted by Crippen LogP contribution is 2.78. The molecule has 0 spiro atoms. The summed E-state index contributed by atoms with van der Waals surface area (Å²) in [6.45, 7) is 5.83. The number of benzene rings is 2. The van der Waals surface area contributed by atoms with Crippen LogP contribution < -0.4 is 9.47 Å². The summed E-state index contributed by atoms with van der Waals surface area (Å²) in [5.74, 6) is -1.84. The number of Topliss-reactive ketones (excluding diaryl/α,β-unsaturated/α-hetero) is 1. The quantitative estimate of drug-likeness (QED) is 0.287. The average Bonchev–Trinajstić information content (AvgIpc) is 3.85. The molecule has 9 nitrogen and oxygen atoms in total. The first-order valence-corrected chi connectivity index (χ1v) is 18.1. The van der Waals surface area contributed by atoms with Gasteiger partial charge >= 0.3 is 5.97 Å². The average molecular weight is 701 g/mol. The molecule has 6 aliphatic rings. The summed E-state index contributed by atoms with van der Waals surface area (Å²) in [6, 6.07) is 9.33. The van der Waals surface area contributed by atoms with Crippen molar-refractivity contribution in [2.75, 3.05) is 7.11 Å². The maximum atomic E-state index is 16.6. The molecule has 8 rings (SSSR count). The number of fused-ring (bicyclic) bond motifs is 7. The lowest BCUT2D eigenvalue weighted by atomic mass is 9.38. The summed E-state index contributed by atoms with van der Waals surface area (Å²) in [5.41, 5.74) is -1.61. The van der Waals surface area contributed by atoms with E-state index in [2.05, 4.69) is 13.8 Å². The summed E-state index contributed by atoms with van der Waals surface area (Å²) in [4.78, 5) is 38.7. The molecule has 1 heterocycles. The summed E-state index contributed by atoms with van der Waals surface area (Å²) in [7, 11) is 1.42. The van der Waals surface area contributed by atoms with E-state index in [1.165, 1.54) is 19.2 Å². The molecule has 9 atom stereocenters. The number of rotatable bonds is 9. The van der Waals surface area contributed by atoms with Crippen molar-refractivity contribution in [1.29, 1.82) is 0 Å². The zero-order chi connectivity index (χ0) is 36.1. The highest BCUT2D eigenvalue weighted by atomic mass is 19.1. The van der Waals surface area contributed by atoms with E-state index in [1.54, 1.807) is 43.3 Å². The summed E-state index contributed by atoms with van der Waals surface area (Å²) in [6.07, 6.45) is 7.25. The molecule has 1 saturated heterocycles. The lowest BCUT2D eigenvalue weighted by Crippen LogP contribution is -2.67. The van der Waals surface area contributed by atoms with Crippen molar-refractivity contribution in [2.24, 2.45) is 34.0 Å². The lowest BCUT2D eigenvalue weighted by molar-refractivity contribution is -0.229. The fourth-order valence-corrected chi connectivity index (χ4v) is 11.6. The number of hydrogen-bond donors (Lipinski definition) is 2. The molecule has 51 heavy (non-hydrogen) atoms. The molecule has 2 N–H and O–H groups in total. The van der Waals surface area contributed by atoms with Crippen LogP contribution in [0.2, 0.25) is 0 Å². The van der Waals surface area contributed by atoms with E-state index >= 15 is 4.39 Å². The minimum Gasteiger partial charge on any atom is -0.496 e. The maximum absolute atomic E-state index is 16.6. The van der Waals surface area contributed by atoms with Crippen molar-refractivity contribution < 1.29 is 47.9 Å². The second-order valence-corrected chi connectivity index (χ2v) is 15.9. The number of ether oxygens (including phenoxy) is 4. The Balaban J connectivity index is 1.17. The number of methoxy groups -OCH3 is 1. The molecule has 270 valence electrons. The molecular formula is C41H45FO9. The van der Waals surface area contributed by atoms with Gasteiger partial charge in [0.2, 0.25) is 0 Å². The first-order valence-electron chi connectivity index (χ1n) is 18.1. The molecule has 4 saturated carbocycles.